The number of hydrogen-bond acceptors (Lipinski definition) is 5. The average molecular weight is 264 g/mol. The average Bonchev–Trinajstić information content (AvgIpc) is 2.45. The molecule has 5 heteroatoms. The molecule has 1 aliphatic rings. The zero-order valence-corrected chi connectivity index (χ0v) is 12.1. The Bertz CT molecular complexity index is 391. The number of aromatic nitrogens is 2. The van der Waals surface area contributed by atoms with Crippen molar-refractivity contribution >= 4 is 5.82 Å². The Labute approximate surface area is 115 Å². The number of nitrogens with one attached hydrogen (secondary N) is 1. The monoisotopic (exact) mass is 264 g/mol. The second-order valence-electron chi connectivity index (χ2n) is 5.36. The van der Waals surface area contributed by atoms with Crippen LogP contribution in [0, 0.1) is 5.92 Å². The summed E-state index contributed by atoms with van der Waals surface area (Å²) in [6.45, 7) is 7.69. The van der Waals surface area contributed by atoms with Crippen LogP contribution in [-0.2, 0) is 0 Å². The summed E-state index contributed by atoms with van der Waals surface area (Å²) in [5.41, 5.74) is 0. The third-order valence-corrected chi connectivity index (χ3v) is 3.64. The fraction of sp³-hybridized carbons (Fsp3) is 0.714. The third kappa shape index (κ3) is 3.80. The number of ether oxygens (including phenoxy) is 1. The third-order valence-electron chi connectivity index (χ3n) is 3.64. The molecule has 0 radical (unpaired) electrons. The van der Waals surface area contributed by atoms with Gasteiger partial charge in [0, 0.05) is 12.6 Å². The Balaban J connectivity index is 2.09. The van der Waals surface area contributed by atoms with Crippen LogP contribution in [0.5, 0.6) is 5.88 Å². The van der Waals surface area contributed by atoms with E-state index in [1.165, 1.54) is 12.8 Å². The Hall–Kier alpha value is -1.36. The van der Waals surface area contributed by atoms with E-state index < -0.39 is 0 Å². The van der Waals surface area contributed by atoms with Gasteiger partial charge in [0.15, 0.2) is 5.82 Å². The molecule has 1 aliphatic heterocycles. The van der Waals surface area contributed by atoms with Crippen molar-refractivity contribution in [1.82, 2.24) is 15.3 Å². The molecule has 0 bridgehead atoms. The molecule has 19 heavy (non-hydrogen) atoms. The van der Waals surface area contributed by atoms with Crippen molar-refractivity contribution in [3.8, 4) is 5.88 Å². The molecule has 0 saturated carbocycles. The molecule has 0 atom stereocenters. The molecule has 1 fully saturated rings. The predicted octanol–water partition coefficient (Wildman–Crippen LogP) is 1.70. The molecule has 1 N–H and O–H groups in total. The number of piperidine rings is 1. The minimum absolute atomic E-state index is 0.413. The largest absolute Gasteiger partial charge is 0.480 e. The lowest BCUT2D eigenvalue weighted by Gasteiger charge is -2.33. The molecule has 0 unspecified atom stereocenters. The van der Waals surface area contributed by atoms with Crippen LogP contribution < -0.4 is 15.0 Å². The van der Waals surface area contributed by atoms with E-state index in [1.807, 2.05) is 6.20 Å². The molecule has 0 amide bonds. The molecule has 1 aromatic rings. The van der Waals surface area contributed by atoms with Crippen molar-refractivity contribution in [3.05, 3.63) is 12.4 Å². The predicted molar refractivity (Wildman–Crippen MR) is 76.7 cm³/mol. The van der Waals surface area contributed by atoms with Crippen LogP contribution in [0.2, 0.25) is 0 Å². The summed E-state index contributed by atoms with van der Waals surface area (Å²) >= 11 is 0. The minimum Gasteiger partial charge on any atom is -0.480 e. The lowest BCUT2D eigenvalue weighted by Crippen LogP contribution is -2.40. The van der Waals surface area contributed by atoms with Gasteiger partial charge < -0.3 is 15.0 Å². The van der Waals surface area contributed by atoms with E-state index in [2.05, 4.69) is 34.0 Å². The molecule has 2 rings (SSSR count). The van der Waals surface area contributed by atoms with Crippen LogP contribution in [-0.4, -0.2) is 42.8 Å². The van der Waals surface area contributed by atoms with Crippen LogP contribution in [0.4, 0.5) is 5.82 Å². The van der Waals surface area contributed by atoms with Gasteiger partial charge in [-0.25, -0.2) is 0 Å². The van der Waals surface area contributed by atoms with Crippen molar-refractivity contribution < 1.29 is 4.74 Å². The first kappa shape index (κ1) is 14.1. The van der Waals surface area contributed by atoms with E-state index in [0.29, 0.717) is 11.9 Å². The van der Waals surface area contributed by atoms with Crippen molar-refractivity contribution in [2.24, 2.45) is 5.92 Å². The van der Waals surface area contributed by atoms with E-state index in [1.54, 1.807) is 13.3 Å². The molecule has 2 heterocycles. The van der Waals surface area contributed by atoms with Gasteiger partial charge in [-0.2, -0.15) is 4.98 Å². The molecule has 0 spiro atoms. The number of hydrogen-bond donors (Lipinski definition) is 1. The smallest absolute Gasteiger partial charge is 0.233 e. The second-order valence-corrected chi connectivity index (χ2v) is 5.36. The zero-order chi connectivity index (χ0) is 13.7. The molecule has 0 aromatic carbocycles. The van der Waals surface area contributed by atoms with Crippen LogP contribution in [0.1, 0.15) is 26.7 Å². The Kier molecular flexibility index (Phi) is 4.96. The first-order chi connectivity index (χ1) is 9.20. The molecule has 5 nitrogen and oxygen atoms in total. The van der Waals surface area contributed by atoms with Gasteiger partial charge in [0.05, 0.1) is 19.5 Å². The number of methoxy groups -OCH3 is 1. The summed E-state index contributed by atoms with van der Waals surface area (Å²) in [5, 5.41) is 3.41. The Morgan fingerprint density at radius 3 is 2.74 bits per heavy atom. The second kappa shape index (κ2) is 6.70. The quantitative estimate of drug-likeness (QED) is 0.877. The van der Waals surface area contributed by atoms with Crippen LogP contribution in [0.15, 0.2) is 12.4 Å². The summed E-state index contributed by atoms with van der Waals surface area (Å²) in [7, 11) is 1.63. The van der Waals surface area contributed by atoms with Gasteiger partial charge in [-0.05, 0) is 45.7 Å². The van der Waals surface area contributed by atoms with E-state index in [4.69, 9.17) is 4.74 Å². The minimum atomic E-state index is 0.413. The summed E-state index contributed by atoms with van der Waals surface area (Å²) in [5.74, 6) is 2.22. The Morgan fingerprint density at radius 1 is 1.37 bits per heavy atom. The maximum absolute atomic E-state index is 5.16. The lowest BCUT2D eigenvalue weighted by atomic mass is 9.97. The van der Waals surface area contributed by atoms with E-state index in [9.17, 15) is 0 Å². The Morgan fingerprint density at radius 2 is 2.11 bits per heavy atom. The van der Waals surface area contributed by atoms with Crippen molar-refractivity contribution in [2.75, 3.05) is 31.6 Å². The summed E-state index contributed by atoms with van der Waals surface area (Å²) in [6.07, 6.45) is 5.94. The first-order valence-corrected chi connectivity index (χ1v) is 7.04. The fourth-order valence-corrected chi connectivity index (χ4v) is 2.49. The highest BCUT2D eigenvalue weighted by molar-refractivity contribution is 5.38. The van der Waals surface area contributed by atoms with Gasteiger partial charge in [-0.1, -0.05) is 0 Å². The van der Waals surface area contributed by atoms with E-state index >= 15 is 0 Å². The summed E-state index contributed by atoms with van der Waals surface area (Å²) in [4.78, 5) is 11.0. The van der Waals surface area contributed by atoms with Crippen molar-refractivity contribution in [3.63, 3.8) is 0 Å². The lowest BCUT2D eigenvalue weighted by molar-refractivity contribution is 0.364. The molecule has 106 valence electrons. The van der Waals surface area contributed by atoms with Gasteiger partial charge >= 0.3 is 0 Å². The SMILES string of the molecule is COc1cncc(N(CC2CCNCC2)C(C)C)n1. The highest BCUT2D eigenvalue weighted by Gasteiger charge is 2.20. The van der Waals surface area contributed by atoms with Gasteiger partial charge in [-0.15, -0.1) is 0 Å². The molecular formula is C14H24N4O. The number of rotatable bonds is 5. The maximum atomic E-state index is 5.16. The summed E-state index contributed by atoms with van der Waals surface area (Å²) in [6, 6.07) is 0.413. The van der Waals surface area contributed by atoms with Crippen LogP contribution in [0.25, 0.3) is 0 Å². The normalized spacial score (nSPS) is 16.6. The van der Waals surface area contributed by atoms with E-state index in [-0.39, 0.29) is 0 Å². The maximum Gasteiger partial charge on any atom is 0.233 e. The first-order valence-electron chi connectivity index (χ1n) is 7.04. The van der Waals surface area contributed by atoms with Gasteiger partial charge in [0.25, 0.3) is 0 Å². The highest BCUT2D eigenvalue weighted by Crippen LogP contribution is 2.21. The van der Waals surface area contributed by atoms with E-state index in [0.717, 1.165) is 31.4 Å². The molecule has 0 aliphatic carbocycles. The van der Waals surface area contributed by atoms with Crippen LogP contribution in [0.3, 0.4) is 0 Å². The number of anilines is 1. The van der Waals surface area contributed by atoms with Crippen molar-refractivity contribution in [1.29, 1.82) is 0 Å². The van der Waals surface area contributed by atoms with Gasteiger partial charge in [0.1, 0.15) is 0 Å². The highest BCUT2D eigenvalue weighted by atomic mass is 16.5. The molecule has 1 saturated heterocycles. The fourth-order valence-electron chi connectivity index (χ4n) is 2.49. The topological polar surface area (TPSA) is 50.3 Å². The van der Waals surface area contributed by atoms with Crippen molar-refractivity contribution in [2.45, 2.75) is 32.7 Å². The van der Waals surface area contributed by atoms with Crippen LogP contribution >= 0.6 is 0 Å². The zero-order valence-electron chi connectivity index (χ0n) is 12.1. The summed E-state index contributed by atoms with van der Waals surface area (Å²) < 4.78 is 5.16. The van der Waals surface area contributed by atoms with Gasteiger partial charge in [0.2, 0.25) is 5.88 Å². The standard InChI is InChI=1S/C14H24N4O/c1-11(2)18(10-12-4-6-15-7-5-12)13-8-16-9-14(17-13)19-3/h8-9,11-12,15H,4-7,10H2,1-3H3. The molecular weight excluding hydrogens is 240 g/mol. The van der Waals surface area contributed by atoms with Gasteiger partial charge in [-0.3, -0.25) is 4.98 Å². The number of nitrogens with zero attached hydrogens (tertiary/aromatic N) is 3. The molecule has 1 aromatic heterocycles.